The van der Waals surface area contributed by atoms with E-state index < -0.39 is 0 Å². The molecule has 2 rings (SSSR count). The second kappa shape index (κ2) is 4.87. The SMILES string of the molecule is CC1CN(c2cccc(Cl)c2)C(C)(C)CCN1. The lowest BCUT2D eigenvalue weighted by molar-refractivity contribution is 0.453. The van der Waals surface area contributed by atoms with Crippen LogP contribution in [0.5, 0.6) is 0 Å². The zero-order valence-electron chi connectivity index (χ0n) is 10.8. The van der Waals surface area contributed by atoms with Crippen molar-refractivity contribution in [1.82, 2.24) is 5.32 Å². The number of nitrogens with zero attached hydrogens (tertiary/aromatic N) is 1. The molecule has 1 aromatic rings. The van der Waals surface area contributed by atoms with E-state index in [1.165, 1.54) is 5.69 Å². The van der Waals surface area contributed by atoms with Crippen LogP contribution in [-0.2, 0) is 0 Å². The lowest BCUT2D eigenvalue weighted by atomic mass is 9.97. The summed E-state index contributed by atoms with van der Waals surface area (Å²) in [7, 11) is 0. The summed E-state index contributed by atoms with van der Waals surface area (Å²) in [6.45, 7) is 8.93. The van der Waals surface area contributed by atoms with Gasteiger partial charge in [-0.25, -0.2) is 0 Å². The number of anilines is 1. The summed E-state index contributed by atoms with van der Waals surface area (Å²) in [5, 5.41) is 4.35. The third-order valence-corrected chi connectivity index (χ3v) is 3.77. The number of halogens is 1. The number of hydrogen-bond donors (Lipinski definition) is 1. The minimum Gasteiger partial charge on any atom is -0.365 e. The Labute approximate surface area is 109 Å². The van der Waals surface area contributed by atoms with Crippen LogP contribution in [0.25, 0.3) is 0 Å². The lowest BCUT2D eigenvalue weighted by Gasteiger charge is -2.39. The topological polar surface area (TPSA) is 15.3 Å². The van der Waals surface area contributed by atoms with E-state index in [4.69, 9.17) is 11.6 Å². The third-order valence-electron chi connectivity index (χ3n) is 3.54. The highest BCUT2D eigenvalue weighted by Crippen LogP contribution is 2.29. The molecule has 1 unspecified atom stereocenters. The minimum absolute atomic E-state index is 0.169. The zero-order chi connectivity index (χ0) is 12.5. The Kier molecular flexibility index (Phi) is 3.64. The number of benzene rings is 1. The van der Waals surface area contributed by atoms with Crippen LogP contribution in [0.2, 0.25) is 5.02 Å². The maximum atomic E-state index is 6.09. The van der Waals surface area contributed by atoms with Crippen LogP contribution < -0.4 is 10.2 Å². The van der Waals surface area contributed by atoms with Crippen molar-refractivity contribution >= 4 is 17.3 Å². The normalized spacial score (nSPS) is 24.5. The molecule has 1 N–H and O–H groups in total. The van der Waals surface area contributed by atoms with E-state index in [2.05, 4.69) is 43.1 Å². The van der Waals surface area contributed by atoms with Crippen molar-refractivity contribution < 1.29 is 0 Å². The first kappa shape index (κ1) is 12.7. The fourth-order valence-electron chi connectivity index (χ4n) is 2.44. The molecular weight excluding hydrogens is 232 g/mol. The van der Waals surface area contributed by atoms with Crippen molar-refractivity contribution in [2.24, 2.45) is 0 Å². The fraction of sp³-hybridized carbons (Fsp3) is 0.571. The van der Waals surface area contributed by atoms with Gasteiger partial charge in [0, 0.05) is 28.8 Å². The van der Waals surface area contributed by atoms with Crippen LogP contribution in [0.15, 0.2) is 24.3 Å². The lowest BCUT2D eigenvalue weighted by Crippen LogP contribution is -2.46. The number of nitrogens with one attached hydrogen (secondary N) is 1. The number of hydrogen-bond acceptors (Lipinski definition) is 2. The van der Waals surface area contributed by atoms with Gasteiger partial charge in [-0.3, -0.25) is 0 Å². The Bertz CT molecular complexity index is 390. The van der Waals surface area contributed by atoms with E-state index in [-0.39, 0.29) is 5.54 Å². The molecule has 1 heterocycles. The van der Waals surface area contributed by atoms with Gasteiger partial charge < -0.3 is 10.2 Å². The van der Waals surface area contributed by atoms with Gasteiger partial charge in [0.1, 0.15) is 0 Å². The molecule has 1 aliphatic rings. The van der Waals surface area contributed by atoms with Crippen LogP contribution in [-0.4, -0.2) is 24.7 Å². The van der Waals surface area contributed by atoms with E-state index >= 15 is 0 Å². The van der Waals surface area contributed by atoms with Crippen molar-refractivity contribution in [3.8, 4) is 0 Å². The van der Waals surface area contributed by atoms with E-state index in [9.17, 15) is 0 Å². The van der Waals surface area contributed by atoms with Gasteiger partial charge in [-0.1, -0.05) is 17.7 Å². The molecule has 0 bridgehead atoms. The van der Waals surface area contributed by atoms with Gasteiger partial charge in [-0.05, 0) is 51.9 Å². The molecule has 0 spiro atoms. The Hall–Kier alpha value is -0.730. The van der Waals surface area contributed by atoms with E-state index in [1.54, 1.807) is 0 Å². The second-order valence-electron chi connectivity index (χ2n) is 5.51. The predicted molar refractivity (Wildman–Crippen MR) is 75.0 cm³/mol. The Morgan fingerprint density at radius 3 is 2.88 bits per heavy atom. The highest BCUT2D eigenvalue weighted by atomic mass is 35.5. The average molecular weight is 253 g/mol. The highest BCUT2D eigenvalue weighted by molar-refractivity contribution is 6.30. The van der Waals surface area contributed by atoms with Crippen LogP contribution in [0, 0.1) is 0 Å². The van der Waals surface area contributed by atoms with Gasteiger partial charge in [-0.15, -0.1) is 0 Å². The standard InChI is InChI=1S/C14H21ClN2/c1-11-10-17(14(2,3)7-8-16-11)13-6-4-5-12(15)9-13/h4-6,9,11,16H,7-8,10H2,1-3H3. The van der Waals surface area contributed by atoms with Crippen molar-refractivity contribution in [1.29, 1.82) is 0 Å². The summed E-state index contributed by atoms with van der Waals surface area (Å²) >= 11 is 6.09. The monoisotopic (exact) mass is 252 g/mol. The Morgan fingerprint density at radius 2 is 2.18 bits per heavy atom. The summed E-state index contributed by atoms with van der Waals surface area (Å²) in [4.78, 5) is 2.46. The minimum atomic E-state index is 0.169. The van der Waals surface area contributed by atoms with Crippen LogP contribution in [0.1, 0.15) is 27.2 Å². The molecule has 94 valence electrons. The second-order valence-corrected chi connectivity index (χ2v) is 5.94. The molecular formula is C14H21ClN2. The Balaban J connectivity index is 2.32. The zero-order valence-corrected chi connectivity index (χ0v) is 11.6. The molecule has 17 heavy (non-hydrogen) atoms. The van der Waals surface area contributed by atoms with Crippen LogP contribution in [0.3, 0.4) is 0 Å². The molecule has 0 radical (unpaired) electrons. The molecule has 3 heteroatoms. The molecule has 2 nitrogen and oxygen atoms in total. The van der Waals surface area contributed by atoms with Crippen molar-refractivity contribution in [3.05, 3.63) is 29.3 Å². The Morgan fingerprint density at radius 1 is 1.41 bits per heavy atom. The molecule has 0 amide bonds. The van der Waals surface area contributed by atoms with Gasteiger partial charge in [0.05, 0.1) is 0 Å². The van der Waals surface area contributed by atoms with Crippen LogP contribution in [0.4, 0.5) is 5.69 Å². The summed E-state index contributed by atoms with van der Waals surface area (Å²) in [5.41, 5.74) is 1.39. The maximum absolute atomic E-state index is 6.09. The molecule has 1 atom stereocenters. The molecule has 1 aliphatic heterocycles. The summed E-state index contributed by atoms with van der Waals surface area (Å²) in [6, 6.07) is 8.66. The average Bonchev–Trinajstić information content (AvgIpc) is 2.37. The van der Waals surface area contributed by atoms with E-state index in [0.29, 0.717) is 6.04 Å². The third kappa shape index (κ3) is 2.93. The van der Waals surface area contributed by atoms with E-state index in [0.717, 1.165) is 24.5 Å². The first-order valence-electron chi connectivity index (χ1n) is 6.26. The van der Waals surface area contributed by atoms with Gasteiger partial charge in [0.15, 0.2) is 0 Å². The van der Waals surface area contributed by atoms with Gasteiger partial charge in [-0.2, -0.15) is 0 Å². The first-order chi connectivity index (χ1) is 7.99. The molecule has 0 aliphatic carbocycles. The summed E-state index contributed by atoms with van der Waals surface area (Å²) < 4.78 is 0. The molecule has 1 aromatic carbocycles. The van der Waals surface area contributed by atoms with Gasteiger partial charge >= 0.3 is 0 Å². The molecule has 1 fully saturated rings. The fourth-order valence-corrected chi connectivity index (χ4v) is 2.63. The molecule has 0 saturated carbocycles. The largest absolute Gasteiger partial charge is 0.365 e. The van der Waals surface area contributed by atoms with Crippen molar-refractivity contribution in [3.63, 3.8) is 0 Å². The highest BCUT2D eigenvalue weighted by Gasteiger charge is 2.30. The maximum Gasteiger partial charge on any atom is 0.0426 e. The van der Waals surface area contributed by atoms with E-state index in [1.807, 2.05) is 12.1 Å². The van der Waals surface area contributed by atoms with Crippen molar-refractivity contribution in [2.75, 3.05) is 18.0 Å². The molecule has 0 aromatic heterocycles. The van der Waals surface area contributed by atoms with Crippen molar-refractivity contribution in [2.45, 2.75) is 38.8 Å². The summed E-state index contributed by atoms with van der Waals surface area (Å²) in [5.74, 6) is 0. The number of rotatable bonds is 1. The smallest absolute Gasteiger partial charge is 0.0426 e. The quantitative estimate of drug-likeness (QED) is 0.825. The van der Waals surface area contributed by atoms with Crippen LogP contribution >= 0.6 is 11.6 Å². The summed E-state index contributed by atoms with van der Waals surface area (Å²) in [6.07, 6.45) is 1.14. The first-order valence-corrected chi connectivity index (χ1v) is 6.63. The van der Waals surface area contributed by atoms with Gasteiger partial charge in [0.2, 0.25) is 0 Å². The predicted octanol–water partition coefficient (Wildman–Crippen LogP) is 3.31. The molecule has 1 saturated heterocycles. The van der Waals surface area contributed by atoms with Gasteiger partial charge in [0.25, 0.3) is 0 Å².